The molecule has 4 nitrogen and oxygen atoms in total. The van der Waals surface area contributed by atoms with Crippen LogP contribution in [0.2, 0.25) is 5.02 Å². The van der Waals surface area contributed by atoms with Crippen LogP contribution in [-0.2, 0) is 4.79 Å². The summed E-state index contributed by atoms with van der Waals surface area (Å²) >= 11 is 10.7. The van der Waals surface area contributed by atoms with Crippen molar-refractivity contribution < 1.29 is 9.18 Å². The molecule has 1 aromatic heterocycles. The molecule has 0 bridgehead atoms. The Kier molecular flexibility index (Phi) is 6.10. The van der Waals surface area contributed by atoms with Gasteiger partial charge in [0, 0.05) is 21.5 Å². The summed E-state index contributed by atoms with van der Waals surface area (Å²) in [4.78, 5) is 17.7. The number of rotatable bonds is 3. The molecule has 3 aromatic rings. The maximum Gasteiger partial charge on any atom is 0.264 e. The predicted octanol–water partition coefficient (Wildman–Crippen LogP) is 6.85. The van der Waals surface area contributed by atoms with Gasteiger partial charge in [-0.3, -0.25) is 4.79 Å². The molecule has 1 amide bonds. The molecule has 0 saturated carbocycles. The van der Waals surface area contributed by atoms with Crippen LogP contribution >= 0.6 is 39.3 Å². The molecule has 1 aliphatic heterocycles. The average Bonchev–Trinajstić information content (AvgIpc) is 3.19. The van der Waals surface area contributed by atoms with Crippen LogP contribution in [0.3, 0.4) is 0 Å². The molecule has 0 radical (unpaired) electrons. The number of hydrogen-bond donors (Lipinski definition) is 1. The van der Waals surface area contributed by atoms with E-state index >= 15 is 0 Å². The van der Waals surface area contributed by atoms with Gasteiger partial charge in [-0.05, 0) is 92.2 Å². The van der Waals surface area contributed by atoms with Crippen molar-refractivity contribution in [1.82, 2.24) is 9.88 Å². The number of hydrogen-bond acceptors (Lipinski definition) is 3. The van der Waals surface area contributed by atoms with Gasteiger partial charge in [0.25, 0.3) is 5.91 Å². The van der Waals surface area contributed by atoms with Gasteiger partial charge in [0.2, 0.25) is 0 Å². The summed E-state index contributed by atoms with van der Waals surface area (Å²) in [7, 11) is 0. The van der Waals surface area contributed by atoms with Crippen LogP contribution < -0.4 is 5.32 Å². The van der Waals surface area contributed by atoms with E-state index in [1.54, 1.807) is 12.1 Å². The third kappa shape index (κ3) is 4.49. The summed E-state index contributed by atoms with van der Waals surface area (Å²) in [5.41, 5.74) is 5.36. The number of nitrogens with zero attached hydrogens (tertiary/aromatic N) is 2. The number of carbonyl (C=O) groups is 1. The Labute approximate surface area is 197 Å². The fraction of sp³-hybridized carbons (Fsp3) is 0.130. The number of aliphatic imine (C=N–C) groups is 1. The van der Waals surface area contributed by atoms with Gasteiger partial charge < -0.3 is 9.88 Å². The summed E-state index contributed by atoms with van der Waals surface area (Å²) in [5, 5.41) is 3.44. The molecule has 0 aliphatic carbocycles. The van der Waals surface area contributed by atoms with Crippen LogP contribution in [0.1, 0.15) is 22.5 Å². The van der Waals surface area contributed by atoms with E-state index in [4.69, 9.17) is 11.6 Å². The maximum atomic E-state index is 13.6. The summed E-state index contributed by atoms with van der Waals surface area (Å²) in [6, 6.07) is 12.4. The molecular formula is C23H18BrClFN3OS. The molecule has 0 atom stereocenters. The van der Waals surface area contributed by atoms with E-state index < -0.39 is 5.82 Å². The van der Waals surface area contributed by atoms with E-state index in [1.165, 1.54) is 17.8 Å². The largest absolute Gasteiger partial charge is 0.318 e. The lowest BCUT2D eigenvalue weighted by Gasteiger charge is -2.10. The van der Waals surface area contributed by atoms with E-state index in [0.717, 1.165) is 38.4 Å². The number of amidine groups is 1. The zero-order valence-electron chi connectivity index (χ0n) is 17.0. The fourth-order valence-electron chi connectivity index (χ4n) is 3.43. The van der Waals surface area contributed by atoms with Crippen LogP contribution in [0.5, 0.6) is 0 Å². The molecule has 2 heterocycles. The van der Waals surface area contributed by atoms with Crippen LogP contribution in [-0.4, -0.2) is 15.6 Å². The highest BCUT2D eigenvalue weighted by atomic mass is 79.9. The predicted molar refractivity (Wildman–Crippen MR) is 130 cm³/mol. The Morgan fingerprint density at radius 2 is 1.94 bits per heavy atom. The molecule has 4 rings (SSSR count). The zero-order chi connectivity index (χ0) is 22.3. The van der Waals surface area contributed by atoms with Gasteiger partial charge in [-0.2, -0.15) is 0 Å². The number of aryl methyl sites for hydroxylation is 2. The second-order valence-electron chi connectivity index (χ2n) is 7.17. The number of halogens is 3. The van der Waals surface area contributed by atoms with Gasteiger partial charge in [-0.15, -0.1) is 0 Å². The first-order valence-corrected chi connectivity index (χ1v) is 11.4. The van der Waals surface area contributed by atoms with Crippen molar-refractivity contribution in [2.75, 3.05) is 0 Å². The molecule has 2 aromatic carbocycles. The normalized spacial score (nSPS) is 16.4. The third-order valence-electron chi connectivity index (χ3n) is 4.95. The molecular weight excluding hydrogens is 501 g/mol. The minimum Gasteiger partial charge on any atom is -0.318 e. The lowest BCUT2D eigenvalue weighted by molar-refractivity contribution is -0.115. The standard InChI is InChI=1S/C23H18BrClFN3OS/c1-12-8-16(24)4-7-20(12)27-23-28-22(30)21(31-23)10-15-9-13(2)29(14(15)3)17-5-6-19(26)18(25)11-17/h4-11H,1-3H3,(H,27,28,30)/b21-10-. The Morgan fingerprint density at radius 1 is 1.16 bits per heavy atom. The Hall–Kier alpha value is -2.35. The van der Waals surface area contributed by atoms with Crippen molar-refractivity contribution >= 4 is 62.1 Å². The van der Waals surface area contributed by atoms with Crippen LogP contribution in [0.15, 0.2) is 56.8 Å². The van der Waals surface area contributed by atoms with Gasteiger partial charge in [0.05, 0.1) is 15.6 Å². The highest BCUT2D eigenvalue weighted by Gasteiger charge is 2.25. The van der Waals surface area contributed by atoms with E-state index in [9.17, 15) is 9.18 Å². The summed E-state index contributed by atoms with van der Waals surface area (Å²) < 4.78 is 16.5. The van der Waals surface area contributed by atoms with Gasteiger partial charge in [0.15, 0.2) is 5.17 Å². The molecule has 1 fully saturated rings. The van der Waals surface area contributed by atoms with E-state index in [1.807, 2.05) is 55.7 Å². The highest BCUT2D eigenvalue weighted by Crippen LogP contribution is 2.32. The molecule has 1 N–H and O–H groups in total. The first kappa shape index (κ1) is 21.9. The van der Waals surface area contributed by atoms with Gasteiger partial charge in [-0.1, -0.05) is 27.5 Å². The lowest BCUT2D eigenvalue weighted by atomic mass is 10.2. The average molecular weight is 519 g/mol. The van der Waals surface area contributed by atoms with E-state index in [0.29, 0.717) is 10.1 Å². The Bertz CT molecular complexity index is 1280. The fourth-order valence-corrected chi connectivity index (χ4v) is 4.91. The van der Waals surface area contributed by atoms with Crippen molar-refractivity contribution in [2.24, 2.45) is 4.99 Å². The van der Waals surface area contributed by atoms with Gasteiger partial charge in [0.1, 0.15) is 5.82 Å². The van der Waals surface area contributed by atoms with E-state index in [-0.39, 0.29) is 10.9 Å². The molecule has 31 heavy (non-hydrogen) atoms. The highest BCUT2D eigenvalue weighted by molar-refractivity contribution is 9.10. The van der Waals surface area contributed by atoms with E-state index in [2.05, 4.69) is 26.2 Å². The monoisotopic (exact) mass is 517 g/mol. The number of nitrogens with one attached hydrogen (secondary N) is 1. The Morgan fingerprint density at radius 3 is 2.65 bits per heavy atom. The SMILES string of the molecule is Cc1cc(Br)ccc1N=C1NC(=O)/C(=C/c2cc(C)n(-c3ccc(F)c(Cl)c3)c2C)S1. The second kappa shape index (κ2) is 8.65. The van der Waals surface area contributed by atoms with Gasteiger partial charge >= 0.3 is 0 Å². The van der Waals surface area contributed by atoms with Crippen molar-refractivity contribution in [3.8, 4) is 5.69 Å². The molecule has 0 spiro atoms. The first-order chi connectivity index (χ1) is 14.7. The molecule has 8 heteroatoms. The summed E-state index contributed by atoms with van der Waals surface area (Å²) in [6.45, 7) is 5.88. The third-order valence-corrected chi connectivity index (χ3v) is 6.64. The van der Waals surface area contributed by atoms with Crippen LogP contribution in [0, 0.1) is 26.6 Å². The summed E-state index contributed by atoms with van der Waals surface area (Å²) in [5.74, 6) is -0.643. The topological polar surface area (TPSA) is 46.4 Å². The minimum absolute atomic E-state index is 0.0692. The van der Waals surface area contributed by atoms with Crippen molar-refractivity contribution in [1.29, 1.82) is 0 Å². The number of carbonyl (C=O) groups excluding carboxylic acids is 1. The van der Waals surface area contributed by atoms with Crippen molar-refractivity contribution in [2.45, 2.75) is 20.8 Å². The lowest BCUT2D eigenvalue weighted by Crippen LogP contribution is -2.19. The Balaban J connectivity index is 1.65. The van der Waals surface area contributed by atoms with Crippen LogP contribution in [0.4, 0.5) is 10.1 Å². The molecule has 0 unspecified atom stereocenters. The number of amides is 1. The second-order valence-corrected chi connectivity index (χ2v) is 9.53. The molecule has 158 valence electrons. The van der Waals surface area contributed by atoms with Crippen molar-refractivity contribution in [3.05, 3.63) is 85.2 Å². The van der Waals surface area contributed by atoms with Gasteiger partial charge in [-0.25, -0.2) is 9.38 Å². The maximum absolute atomic E-state index is 13.6. The van der Waals surface area contributed by atoms with Crippen LogP contribution in [0.25, 0.3) is 11.8 Å². The smallest absolute Gasteiger partial charge is 0.264 e. The number of benzene rings is 2. The molecule has 1 aliphatic rings. The first-order valence-electron chi connectivity index (χ1n) is 9.43. The molecule has 1 saturated heterocycles. The summed E-state index contributed by atoms with van der Waals surface area (Å²) in [6.07, 6.45) is 1.85. The zero-order valence-corrected chi connectivity index (χ0v) is 20.1. The number of thioether (sulfide) groups is 1. The number of aromatic nitrogens is 1. The minimum atomic E-state index is -0.456. The van der Waals surface area contributed by atoms with Crippen molar-refractivity contribution in [3.63, 3.8) is 0 Å². The quantitative estimate of drug-likeness (QED) is 0.386.